The van der Waals surface area contributed by atoms with Gasteiger partial charge in [-0.15, -0.1) is 0 Å². The summed E-state index contributed by atoms with van der Waals surface area (Å²) in [4.78, 5) is 12.6. The summed E-state index contributed by atoms with van der Waals surface area (Å²) >= 11 is 6.02. The van der Waals surface area contributed by atoms with Crippen molar-refractivity contribution in [2.45, 2.75) is 6.54 Å². The molecule has 0 aliphatic carbocycles. The normalized spacial score (nSPS) is 10.4. The molecule has 26 heavy (non-hydrogen) atoms. The number of aromatic nitrogens is 2. The molecule has 0 aliphatic rings. The van der Waals surface area contributed by atoms with Crippen LogP contribution in [-0.4, -0.2) is 29.9 Å². The molecule has 7 heteroatoms. The summed E-state index contributed by atoms with van der Waals surface area (Å²) in [6.45, 7) is 0.495. The van der Waals surface area contributed by atoms with E-state index in [1.165, 1.54) is 7.11 Å². The van der Waals surface area contributed by atoms with Crippen LogP contribution in [0.5, 0.6) is 11.5 Å². The Morgan fingerprint density at radius 3 is 2.65 bits per heavy atom. The van der Waals surface area contributed by atoms with Crippen molar-refractivity contribution in [3.05, 3.63) is 70.9 Å². The van der Waals surface area contributed by atoms with E-state index in [4.69, 9.17) is 21.1 Å². The first kappa shape index (κ1) is 17.8. The monoisotopic (exact) mass is 371 g/mol. The van der Waals surface area contributed by atoms with Gasteiger partial charge in [-0.25, -0.2) is 4.68 Å². The highest BCUT2D eigenvalue weighted by Crippen LogP contribution is 2.28. The molecule has 0 unspecified atom stereocenters. The Morgan fingerprint density at radius 2 is 1.92 bits per heavy atom. The van der Waals surface area contributed by atoms with Gasteiger partial charge in [0.05, 0.1) is 27.0 Å². The molecule has 2 aromatic carbocycles. The maximum Gasteiger partial charge on any atom is 0.256 e. The van der Waals surface area contributed by atoms with Crippen molar-refractivity contribution in [3.8, 4) is 11.5 Å². The molecule has 1 aromatic heterocycles. The second-order valence-electron chi connectivity index (χ2n) is 5.53. The Labute approximate surface area is 156 Å². The molecule has 1 N–H and O–H groups in total. The van der Waals surface area contributed by atoms with Crippen molar-refractivity contribution in [2.75, 3.05) is 19.5 Å². The van der Waals surface area contributed by atoms with E-state index >= 15 is 0 Å². The number of anilines is 1. The zero-order valence-electron chi connectivity index (χ0n) is 14.4. The Kier molecular flexibility index (Phi) is 5.43. The summed E-state index contributed by atoms with van der Waals surface area (Å²) in [6, 6.07) is 14.2. The molecule has 0 spiro atoms. The average molecular weight is 372 g/mol. The molecule has 0 saturated heterocycles. The molecule has 6 nitrogen and oxygen atoms in total. The molecule has 0 saturated carbocycles. The molecule has 134 valence electrons. The summed E-state index contributed by atoms with van der Waals surface area (Å²) in [5.74, 6) is 1.38. The number of carbonyl (C=O) groups excluding carboxylic acids is 1. The van der Waals surface area contributed by atoms with Gasteiger partial charge in [0, 0.05) is 16.7 Å². The van der Waals surface area contributed by atoms with Crippen LogP contribution in [0.4, 0.5) is 5.82 Å². The van der Waals surface area contributed by atoms with E-state index in [2.05, 4.69) is 10.4 Å². The second kappa shape index (κ2) is 7.93. The highest BCUT2D eigenvalue weighted by molar-refractivity contribution is 6.30. The lowest BCUT2D eigenvalue weighted by molar-refractivity contribution is 0.102. The van der Waals surface area contributed by atoms with E-state index in [0.29, 0.717) is 34.4 Å². The quantitative estimate of drug-likeness (QED) is 0.714. The molecule has 0 aliphatic heterocycles. The van der Waals surface area contributed by atoms with Crippen molar-refractivity contribution in [2.24, 2.45) is 0 Å². The van der Waals surface area contributed by atoms with Crippen LogP contribution in [0.15, 0.2) is 54.7 Å². The molecule has 0 radical (unpaired) electrons. The largest absolute Gasteiger partial charge is 0.493 e. The van der Waals surface area contributed by atoms with E-state index in [0.717, 1.165) is 5.56 Å². The number of ether oxygens (including phenoxy) is 2. The number of methoxy groups -OCH3 is 2. The fraction of sp³-hybridized carbons (Fsp3) is 0.158. The van der Waals surface area contributed by atoms with E-state index < -0.39 is 0 Å². The number of nitrogens with zero attached hydrogens (tertiary/aromatic N) is 2. The number of rotatable bonds is 6. The number of benzene rings is 2. The second-order valence-corrected chi connectivity index (χ2v) is 5.96. The third-order valence-electron chi connectivity index (χ3n) is 3.83. The molecule has 0 bridgehead atoms. The van der Waals surface area contributed by atoms with Crippen LogP contribution < -0.4 is 14.8 Å². The van der Waals surface area contributed by atoms with Crippen molar-refractivity contribution < 1.29 is 14.3 Å². The first-order chi connectivity index (χ1) is 12.6. The summed E-state index contributed by atoms with van der Waals surface area (Å²) < 4.78 is 12.1. The van der Waals surface area contributed by atoms with Crippen LogP contribution in [0.25, 0.3) is 0 Å². The molecule has 3 rings (SSSR count). The zero-order chi connectivity index (χ0) is 18.5. The van der Waals surface area contributed by atoms with Crippen LogP contribution >= 0.6 is 11.6 Å². The minimum Gasteiger partial charge on any atom is -0.493 e. The van der Waals surface area contributed by atoms with Crippen molar-refractivity contribution in [3.63, 3.8) is 0 Å². The predicted molar refractivity (Wildman–Crippen MR) is 100 cm³/mol. The SMILES string of the molecule is COc1ccc(C(=O)Nc2ccnn2Cc2cccc(Cl)c2)cc1OC. The van der Waals surface area contributed by atoms with Crippen LogP contribution in [-0.2, 0) is 6.54 Å². The summed E-state index contributed by atoms with van der Waals surface area (Å²) in [7, 11) is 3.07. The predicted octanol–water partition coefficient (Wildman–Crippen LogP) is 3.85. The Hall–Kier alpha value is -2.99. The van der Waals surface area contributed by atoms with Crippen molar-refractivity contribution >= 4 is 23.3 Å². The molecule has 3 aromatic rings. The van der Waals surface area contributed by atoms with Crippen molar-refractivity contribution in [1.29, 1.82) is 0 Å². The fourth-order valence-corrected chi connectivity index (χ4v) is 2.75. The van der Waals surface area contributed by atoms with Crippen molar-refractivity contribution in [1.82, 2.24) is 9.78 Å². The number of halogens is 1. The maximum atomic E-state index is 12.6. The zero-order valence-corrected chi connectivity index (χ0v) is 15.2. The number of hydrogen-bond donors (Lipinski definition) is 1. The Balaban J connectivity index is 1.77. The van der Waals surface area contributed by atoms with Gasteiger partial charge in [0.2, 0.25) is 0 Å². The molecular weight excluding hydrogens is 354 g/mol. The van der Waals surface area contributed by atoms with Crippen LogP contribution in [0, 0.1) is 0 Å². The summed E-state index contributed by atoms with van der Waals surface area (Å²) in [5.41, 5.74) is 1.45. The molecule has 1 heterocycles. The van der Waals surface area contributed by atoms with Gasteiger partial charge < -0.3 is 14.8 Å². The van der Waals surface area contributed by atoms with Gasteiger partial charge in [0.15, 0.2) is 11.5 Å². The number of carbonyl (C=O) groups is 1. The minimum absolute atomic E-state index is 0.265. The third kappa shape index (κ3) is 3.97. The number of amides is 1. The lowest BCUT2D eigenvalue weighted by Crippen LogP contribution is -2.16. The van der Waals surface area contributed by atoms with E-state index in [-0.39, 0.29) is 5.91 Å². The molecule has 0 fully saturated rings. The third-order valence-corrected chi connectivity index (χ3v) is 4.06. The van der Waals surface area contributed by atoms with Gasteiger partial charge in [0.25, 0.3) is 5.91 Å². The number of hydrogen-bond acceptors (Lipinski definition) is 4. The average Bonchev–Trinajstić information content (AvgIpc) is 3.07. The highest BCUT2D eigenvalue weighted by Gasteiger charge is 2.13. The Morgan fingerprint density at radius 1 is 1.12 bits per heavy atom. The lowest BCUT2D eigenvalue weighted by atomic mass is 10.2. The topological polar surface area (TPSA) is 65.4 Å². The van der Waals surface area contributed by atoms with Gasteiger partial charge in [-0.2, -0.15) is 5.10 Å². The lowest BCUT2D eigenvalue weighted by Gasteiger charge is -2.11. The minimum atomic E-state index is -0.265. The van der Waals surface area contributed by atoms with Gasteiger partial charge in [0.1, 0.15) is 5.82 Å². The molecule has 0 atom stereocenters. The summed E-state index contributed by atoms with van der Waals surface area (Å²) in [5, 5.41) is 7.78. The van der Waals surface area contributed by atoms with Crippen LogP contribution in [0.2, 0.25) is 5.02 Å². The first-order valence-electron chi connectivity index (χ1n) is 7.90. The molecule has 1 amide bonds. The van der Waals surface area contributed by atoms with Gasteiger partial charge in [-0.3, -0.25) is 4.79 Å². The first-order valence-corrected chi connectivity index (χ1v) is 8.28. The van der Waals surface area contributed by atoms with Gasteiger partial charge in [-0.05, 0) is 35.9 Å². The van der Waals surface area contributed by atoms with Crippen LogP contribution in [0.3, 0.4) is 0 Å². The highest BCUT2D eigenvalue weighted by atomic mass is 35.5. The smallest absolute Gasteiger partial charge is 0.256 e. The van der Waals surface area contributed by atoms with E-state index in [9.17, 15) is 4.79 Å². The fourth-order valence-electron chi connectivity index (χ4n) is 2.54. The van der Waals surface area contributed by atoms with Gasteiger partial charge >= 0.3 is 0 Å². The van der Waals surface area contributed by atoms with Gasteiger partial charge in [-0.1, -0.05) is 23.7 Å². The Bertz CT molecular complexity index is 924. The van der Waals surface area contributed by atoms with E-state index in [1.807, 2.05) is 24.3 Å². The summed E-state index contributed by atoms with van der Waals surface area (Å²) in [6.07, 6.45) is 1.63. The van der Waals surface area contributed by atoms with E-state index in [1.54, 1.807) is 42.3 Å². The standard InChI is InChI=1S/C19H18ClN3O3/c1-25-16-7-6-14(11-17(16)26-2)19(24)22-18-8-9-21-23(18)12-13-4-3-5-15(20)10-13/h3-11H,12H2,1-2H3,(H,22,24). The van der Waals surface area contributed by atoms with Crippen LogP contribution in [0.1, 0.15) is 15.9 Å². The maximum absolute atomic E-state index is 12.6. The number of nitrogens with one attached hydrogen (secondary N) is 1. The molecular formula is C19H18ClN3O3.